The van der Waals surface area contributed by atoms with Crippen LogP contribution in [0.25, 0.3) is 0 Å². The number of carboxylic acids is 1. The molecule has 1 fully saturated rings. The van der Waals surface area contributed by atoms with Crippen molar-refractivity contribution in [3.63, 3.8) is 0 Å². The van der Waals surface area contributed by atoms with Crippen LogP contribution in [0.2, 0.25) is 0 Å². The first-order valence-electron chi connectivity index (χ1n) is 7.46. The van der Waals surface area contributed by atoms with Gasteiger partial charge in [-0.25, -0.2) is 4.79 Å². The van der Waals surface area contributed by atoms with Crippen LogP contribution in [0, 0.1) is 0 Å². The SMILES string of the molecule is CC(C)c1cccc2c1CO[C@H]1CNC[C@H]21.O=C(O)C(F)(F)F. The second kappa shape index (κ2) is 6.88. The van der Waals surface area contributed by atoms with E-state index in [9.17, 15) is 13.2 Å². The number of carboxylic acid groups (broad SMARTS) is 1. The predicted molar refractivity (Wildman–Crippen MR) is 78.4 cm³/mol. The van der Waals surface area contributed by atoms with Gasteiger partial charge in [-0.1, -0.05) is 32.0 Å². The summed E-state index contributed by atoms with van der Waals surface area (Å²) < 4.78 is 37.7. The van der Waals surface area contributed by atoms with Crippen LogP contribution in [-0.4, -0.2) is 36.4 Å². The van der Waals surface area contributed by atoms with Crippen molar-refractivity contribution in [2.24, 2.45) is 0 Å². The molecule has 0 aromatic heterocycles. The van der Waals surface area contributed by atoms with E-state index in [4.69, 9.17) is 14.6 Å². The van der Waals surface area contributed by atoms with Crippen molar-refractivity contribution in [1.29, 1.82) is 0 Å². The molecule has 128 valence electrons. The molecule has 0 unspecified atom stereocenters. The summed E-state index contributed by atoms with van der Waals surface area (Å²) in [6.45, 7) is 7.39. The van der Waals surface area contributed by atoms with Crippen LogP contribution in [-0.2, 0) is 16.1 Å². The van der Waals surface area contributed by atoms with Crippen molar-refractivity contribution in [1.82, 2.24) is 5.32 Å². The van der Waals surface area contributed by atoms with E-state index in [1.165, 1.54) is 16.7 Å². The van der Waals surface area contributed by atoms with E-state index in [1.54, 1.807) is 0 Å². The second-order valence-electron chi connectivity index (χ2n) is 5.99. The number of nitrogens with one attached hydrogen (secondary N) is 1. The van der Waals surface area contributed by atoms with Crippen LogP contribution < -0.4 is 5.32 Å². The molecule has 2 aliphatic rings. The molecule has 0 saturated carbocycles. The molecule has 1 saturated heterocycles. The molecule has 23 heavy (non-hydrogen) atoms. The van der Waals surface area contributed by atoms with Gasteiger partial charge in [-0.15, -0.1) is 0 Å². The smallest absolute Gasteiger partial charge is 0.475 e. The fraction of sp³-hybridized carbons (Fsp3) is 0.562. The fourth-order valence-corrected chi connectivity index (χ4v) is 3.01. The third kappa shape index (κ3) is 4.03. The Morgan fingerprint density at radius 3 is 2.57 bits per heavy atom. The van der Waals surface area contributed by atoms with Crippen molar-refractivity contribution in [2.75, 3.05) is 13.1 Å². The van der Waals surface area contributed by atoms with Crippen molar-refractivity contribution >= 4 is 5.97 Å². The van der Waals surface area contributed by atoms with Crippen molar-refractivity contribution in [3.05, 3.63) is 34.9 Å². The fourth-order valence-electron chi connectivity index (χ4n) is 3.01. The Kier molecular flexibility index (Phi) is 5.31. The predicted octanol–water partition coefficient (Wildman–Crippen LogP) is 3.03. The van der Waals surface area contributed by atoms with Crippen LogP contribution in [0.15, 0.2) is 18.2 Å². The Morgan fingerprint density at radius 2 is 2.00 bits per heavy atom. The minimum atomic E-state index is -5.08. The number of ether oxygens (including phenoxy) is 1. The van der Waals surface area contributed by atoms with Gasteiger partial charge in [0, 0.05) is 19.0 Å². The second-order valence-corrected chi connectivity index (χ2v) is 5.99. The standard InChI is InChI=1S/C14H19NO.C2HF3O2/c1-9(2)10-4-3-5-11-12-6-15-7-14(12)16-8-13(10)11;3-2(4,5)1(6)7/h3-5,9,12,14-15H,6-8H2,1-2H3;(H,6,7)/t12-,14+;/m1./s1. The van der Waals surface area contributed by atoms with E-state index >= 15 is 0 Å². The number of halogens is 3. The van der Waals surface area contributed by atoms with Gasteiger partial charge in [-0.3, -0.25) is 0 Å². The van der Waals surface area contributed by atoms with Crippen molar-refractivity contribution < 1.29 is 27.8 Å². The Labute approximate surface area is 132 Å². The summed E-state index contributed by atoms with van der Waals surface area (Å²) in [6, 6.07) is 6.73. The van der Waals surface area contributed by atoms with Gasteiger partial charge in [0.1, 0.15) is 0 Å². The lowest BCUT2D eigenvalue weighted by molar-refractivity contribution is -0.192. The minimum Gasteiger partial charge on any atom is -0.475 e. The highest BCUT2D eigenvalue weighted by Gasteiger charge is 2.38. The first-order valence-corrected chi connectivity index (χ1v) is 7.46. The van der Waals surface area contributed by atoms with E-state index in [1.807, 2.05) is 0 Å². The molecule has 0 amide bonds. The highest BCUT2D eigenvalue weighted by atomic mass is 19.4. The van der Waals surface area contributed by atoms with Crippen LogP contribution >= 0.6 is 0 Å². The summed E-state index contributed by atoms with van der Waals surface area (Å²) in [6.07, 6.45) is -4.69. The lowest BCUT2D eigenvalue weighted by Gasteiger charge is -2.30. The minimum absolute atomic E-state index is 0.398. The zero-order valence-electron chi connectivity index (χ0n) is 13.0. The summed E-state index contributed by atoms with van der Waals surface area (Å²) in [4.78, 5) is 8.90. The number of hydrogen-bond acceptors (Lipinski definition) is 3. The van der Waals surface area contributed by atoms with Gasteiger partial charge >= 0.3 is 12.1 Å². The quantitative estimate of drug-likeness (QED) is 0.830. The molecule has 4 nitrogen and oxygen atoms in total. The summed E-state index contributed by atoms with van der Waals surface area (Å²) in [5, 5.41) is 10.6. The van der Waals surface area contributed by atoms with Gasteiger partial charge in [0.25, 0.3) is 0 Å². The van der Waals surface area contributed by atoms with E-state index in [0.29, 0.717) is 17.9 Å². The summed E-state index contributed by atoms with van der Waals surface area (Å²) in [5.74, 6) is -1.60. The topological polar surface area (TPSA) is 58.6 Å². The molecule has 2 aliphatic heterocycles. The van der Waals surface area contributed by atoms with Gasteiger partial charge in [0.05, 0.1) is 12.7 Å². The number of fused-ring (bicyclic) bond motifs is 3. The molecule has 2 atom stereocenters. The number of alkyl halides is 3. The molecule has 0 radical (unpaired) electrons. The van der Waals surface area contributed by atoms with Crippen molar-refractivity contribution in [2.45, 2.75) is 44.6 Å². The van der Waals surface area contributed by atoms with Gasteiger partial charge in [-0.2, -0.15) is 13.2 Å². The van der Waals surface area contributed by atoms with E-state index in [2.05, 4.69) is 37.4 Å². The number of rotatable bonds is 1. The molecule has 3 rings (SSSR count). The molecule has 0 aliphatic carbocycles. The Bertz CT molecular complexity index is 572. The van der Waals surface area contributed by atoms with E-state index in [-0.39, 0.29) is 0 Å². The summed E-state index contributed by atoms with van der Waals surface area (Å²) >= 11 is 0. The lowest BCUT2D eigenvalue weighted by Crippen LogP contribution is -2.27. The highest BCUT2D eigenvalue weighted by Crippen LogP contribution is 2.36. The maximum Gasteiger partial charge on any atom is 0.490 e. The molecule has 2 N–H and O–H groups in total. The van der Waals surface area contributed by atoms with Crippen LogP contribution in [0.3, 0.4) is 0 Å². The number of aliphatic carboxylic acids is 1. The normalized spacial score (nSPS) is 22.9. The van der Waals surface area contributed by atoms with E-state index < -0.39 is 12.1 Å². The molecule has 1 aromatic carbocycles. The molecular weight excluding hydrogens is 311 g/mol. The highest BCUT2D eigenvalue weighted by molar-refractivity contribution is 5.73. The zero-order chi connectivity index (χ0) is 17.2. The van der Waals surface area contributed by atoms with Crippen LogP contribution in [0.5, 0.6) is 0 Å². The molecule has 0 bridgehead atoms. The maximum absolute atomic E-state index is 10.6. The summed E-state index contributed by atoms with van der Waals surface area (Å²) in [7, 11) is 0. The van der Waals surface area contributed by atoms with Crippen molar-refractivity contribution in [3.8, 4) is 0 Å². The van der Waals surface area contributed by atoms with Gasteiger partial charge in [0.15, 0.2) is 0 Å². The Balaban J connectivity index is 0.000000236. The van der Waals surface area contributed by atoms with Gasteiger partial charge in [-0.05, 0) is 22.6 Å². The lowest BCUT2D eigenvalue weighted by atomic mass is 9.84. The first-order chi connectivity index (χ1) is 10.7. The van der Waals surface area contributed by atoms with Crippen LogP contribution in [0.4, 0.5) is 13.2 Å². The third-order valence-corrected chi connectivity index (χ3v) is 4.11. The molecule has 0 spiro atoms. The Hall–Kier alpha value is -1.60. The van der Waals surface area contributed by atoms with E-state index in [0.717, 1.165) is 19.7 Å². The Morgan fingerprint density at radius 1 is 1.35 bits per heavy atom. The third-order valence-electron chi connectivity index (χ3n) is 4.11. The molecule has 2 heterocycles. The zero-order valence-corrected chi connectivity index (χ0v) is 13.0. The average Bonchev–Trinajstić information content (AvgIpc) is 2.94. The average molecular weight is 331 g/mol. The number of hydrogen-bond donors (Lipinski definition) is 2. The van der Waals surface area contributed by atoms with Crippen LogP contribution in [0.1, 0.15) is 42.4 Å². The molecular formula is C16H20F3NO3. The number of carbonyl (C=O) groups is 1. The first kappa shape index (κ1) is 17.7. The maximum atomic E-state index is 10.6. The summed E-state index contributed by atoms with van der Waals surface area (Å²) in [5.41, 5.74) is 4.43. The molecule has 7 heteroatoms. The monoisotopic (exact) mass is 331 g/mol. The van der Waals surface area contributed by atoms with Gasteiger partial charge < -0.3 is 15.2 Å². The number of benzene rings is 1. The molecule has 1 aromatic rings. The van der Waals surface area contributed by atoms with Gasteiger partial charge in [0.2, 0.25) is 0 Å². The largest absolute Gasteiger partial charge is 0.490 e.